The van der Waals surface area contributed by atoms with E-state index in [-0.39, 0.29) is 25.1 Å². The van der Waals surface area contributed by atoms with Gasteiger partial charge >= 0.3 is 12.4 Å². The molecule has 3 aromatic carbocycles. The second kappa shape index (κ2) is 11.2. The zero-order chi connectivity index (χ0) is 29.3. The van der Waals surface area contributed by atoms with Gasteiger partial charge in [-0.15, -0.1) is 0 Å². The Bertz CT molecular complexity index is 1360. The smallest absolute Gasteiger partial charge is 0.388 e. The lowest BCUT2D eigenvalue weighted by Gasteiger charge is -2.39. The van der Waals surface area contributed by atoms with Crippen LogP contribution in [-0.2, 0) is 36.0 Å². The predicted molar refractivity (Wildman–Crippen MR) is 132 cm³/mol. The van der Waals surface area contributed by atoms with Gasteiger partial charge in [-0.2, -0.15) is 26.3 Å². The molecule has 0 radical (unpaired) electrons. The molecule has 0 saturated carbocycles. The lowest BCUT2D eigenvalue weighted by atomic mass is 9.86. The van der Waals surface area contributed by atoms with Crippen molar-refractivity contribution in [2.75, 3.05) is 18.4 Å². The third-order valence-corrected chi connectivity index (χ3v) is 6.88. The molecular weight excluding hydrogens is 545 g/mol. The molecule has 3 aromatic rings. The average molecular weight is 571 g/mol. The predicted octanol–water partition coefficient (Wildman–Crippen LogP) is 5.19. The normalized spacial score (nSPS) is 16.6. The van der Waals surface area contributed by atoms with Gasteiger partial charge in [-0.05, 0) is 46.9 Å². The summed E-state index contributed by atoms with van der Waals surface area (Å²) in [6, 6.07) is 13.5. The number of rotatable bonds is 7. The zero-order valence-electron chi connectivity index (χ0n) is 20.9. The quantitative estimate of drug-likeness (QED) is 0.342. The highest BCUT2D eigenvalue weighted by atomic mass is 19.4. The molecule has 1 amide bonds. The third-order valence-electron chi connectivity index (χ3n) is 6.88. The fourth-order valence-corrected chi connectivity index (χ4v) is 4.83. The number of alkyl halides is 6. The summed E-state index contributed by atoms with van der Waals surface area (Å²) in [6.07, 6.45) is -12.3. The van der Waals surface area contributed by atoms with Gasteiger partial charge in [-0.1, -0.05) is 48.5 Å². The van der Waals surface area contributed by atoms with Crippen LogP contribution < -0.4 is 5.32 Å². The van der Waals surface area contributed by atoms with Crippen molar-refractivity contribution in [2.24, 2.45) is 0 Å². The van der Waals surface area contributed by atoms with Crippen molar-refractivity contribution < 1.29 is 45.7 Å². The monoisotopic (exact) mass is 570 g/mol. The minimum atomic E-state index is -5.14. The van der Waals surface area contributed by atoms with E-state index in [1.54, 1.807) is 23.1 Å². The minimum absolute atomic E-state index is 0.0449. The van der Waals surface area contributed by atoms with Crippen molar-refractivity contribution in [1.29, 1.82) is 0 Å². The molecule has 1 heterocycles. The summed E-state index contributed by atoms with van der Waals surface area (Å²) in [7, 11) is 0. The highest BCUT2D eigenvalue weighted by Crippen LogP contribution is 2.42. The van der Waals surface area contributed by atoms with E-state index in [1.807, 2.05) is 0 Å². The van der Waals surface area contributed by atoms with E-state index in [0.29, 0.717) is 35.4 Å². The van der Waals surface area contributed by atoms with Crippen LogP contribution in [0.2, 0.25) is 0 Å². The van der Waals surface area contributed by atoms with Gasteiger partial charge in [0, 0.05) is 25.3 Å². The maximum atomic E-state index is 13.9. The molecular formula is C28H25F7N2O3. The molecule has 1 aliphatic heterocycles. The van der Waals surface area contributed by atoms with Crippen LogP contribution >= 0.6 is 0 Å². The molecule has 0 bridgehead atoms. The van der Waals surface area contributed by atoms with E-state index >= 15 is 0 Å². The van der Waals surface area contributed by atoms with Gasteiger partial charge < -0.3 is 15.5 Å². The molecule has 0 fully saturated rings. The van der Waals surface area contributed by atoms with Gasteiger partial charge in [0.25, 0.3) is 0 Å². The second-order valence-corrected chi connectivity index (χ2v) is 9.61. The van der Waals surface area contributed by atoms with Crippen molar-refractivity contribution in [1.82, 2.24) is 4.90 Å². The van der Waals surface area contributed by atoms with E-state index in [2.05, 4.69) is 5.32 Å². The summed E-state index contributed by atoms with van der Waals surface area (Å²) in [4.78, 5) is 14.1. The van der Waals surface area contributed by atoms with Crippen LogP contribution in [0.3, 0.4) is 0 Å². The molecule has 2 atom stereocenters. The summed E-state index contributed by atoms with van der Waals surface area (Å²) < 4.78 is 93.9. The van der Waals surface area contributed by atoms with Crippen molar-refractivity contribution >= 4 is 11.6 Å². The van der Waals surface area contributed by atoms with Crippen molar-refractivity contribution in [3.05, 3.63) is 100 Å². The number of nitrogens with one attached hydrogen (secondary N) is 1. The lowest BCUT2D eigenvalue weighted by molar-refractivity contribution is -0.299. The van der Waals surface area contributed by atoms with Crippen LogP contribution in [-0.4, -0.2) is 46.4 Å². The molecule has 40 heavy (non-hydrogen) atoms. The molecule has 1 aliphatic rings. The SMILES string of the molecule is O=C(Cc1ccc(C(F)(F)F)c(F)c1)Nc1cccc2c1CCN(CC(O)C(O)(c1ccccc1)C(F)(F)F)C2. The molecule has 214 valence electrons. The van der Waals surface area contributed by atoms with Gasteiger partial charge in [-0.3, -0.25) is 9.69 Å². The zero-order valence-corrected chi connectivity index (χ0v) is 20.9. The van der Waals surface area contributed by atoms with Gasteiger partial charge in [-0.25, -0.2) is 4.39 Å². The number of β-amino-alcohol motifs (C(OH)–C–C–N with tert-alkyl or cyclic N) is 1. The van der Waals surface area contributed by atoms with Crippen LogP contribution in [0.5, 0.6) is 0 Å². The van der Waals surface area contributed by atoms with Gasteiger partial charge in [0.15, 0.2) is 0 Å². The summed E-state index contributed by atoms with van der Waals surface area (Å²) in [5.41, 5.74) is -3.57. The Kier molecular flexibility index (Phi) is 8.25. The first-order valence-corrected chi connectivity index (χ1v) is 12.2. The number of carbonyl (C=O) groups excluding carboxylic acids is 1. The standard InChI is InChI=1S/C28H25F7N2O3/c29-22-13-17(9-10-21(22)27(30,31)32)14-25(39)36-23-8-4-5-18-15-37(12-11-20(18)23)16-24(38)26(40,28(33,34)35)19-6-2-1-3-7-19/h1-10,13,24,38,40H,11-12,14-16H2,(H,36,39). The molecule has 2 unspecified atom stereocenters. The van der Waals surface area contributed by atoms with Gasteiger partial charge in [0.2, 0.25) is 11.5 Å². The molecule has 5 nitrogen and oxygen atoms in total. The van der Waals surface area contributed by atoms with Crippen molar-refractivity contribution in [2.45, 2.75) is 43.4 Å². The number of nitrogens with zero attached hydrogens (tertiary/aromatic N) is 1. The van der Waals surface area contributed by atoms with Gasteiger partial charge in [0.05, 0.1) is 12.0 Å². The maximum Gasteiger partial charge on any atom is 0.424 e. The van der Waals surface area contributed by atoms with Crippen LogP contribution in [0, 0.1) is 5.82 Å². The fourth-order valence-electron chi connectivity index (χ4n) is 4.83. The average Bonchev–Trinajstić information content (AvgIpc) is 2.87. The Morgan fingerprint density at radius 2 is 1.68 bits per heavy atom. The number of amides is 1. The molecule has 0 aromatic heterocycles. The Balaban J connectivity index is 1.44. The second-order valence-electron chi connectivity index (χ2n) is 9.61. The number of benzene rings is 3. The topological polar surface area (TPSA) is 72.8 Å². The summed E-state index contributed by atoms with van der Waals surface area (Å²) in [5.74, 6) is -2.08. The van der Waals surface area contributed by atoms with Crippen LogP contribution in [0.1, 0.15) is 27.8 Å². The van der Waals surface area contributed by atoms with Crippen molar-refractivity contribution in [3.8, 4) is 0 Å². The Labute approximate surface area is 224 Å². The van der Waals surface area contributed by atoms with Crippen molar-refractivity contribution in [3.63, 3.8) is 0 Å². The lowest BCUT2D eigenvalue weighted by Crippen LogP contribution is -2.55. The van der Waals surface area contributed by atoms with Crippen LogP contribution in [0.4, 0.5) is 36.4 Å². The van der Waals surface area contributed by atoms with E-state index in [1.165, 1.54) is 18.2 Å². The van der Waals surface area contributed by atoms with Crippen LogP contribution in [0.15, 0.2) is 66.7 Å². The van der Waals surface area contributed by atoms with Gasteiger partial charge in [0.1, 0.15) is 11.9 Å². The first-order valence-electron chi connectivity index (χ1n) is 12.2. The molecule has 12 heteroatoms. The molecule has 4 rings (SSSR count). The van der Waals surface area contributed by atoms with E-state index in [4.69, 9.17) is 0 Å². The number of anilines is 1. The molecule has 3 N–H and O–H groups in total. The number of hydrogen-bond donors (Lipinski definition) is 3. The summed E-state index contributed by atoms with van der Waals surface area (Å²) >= 11 is 0. The summed E-state index contributed by atoms with van der Waals surface area (Å²) in [5, 5.41) is 23.9. The Morgan fingerprint density at radius 1 is 0.975 bits per heavy atom. The highest BCUT2D eigenvalue weighted by molar-refractivity contribution is 5.93. The molecule has 0 spiro atoms. The number of halogens is 7. The number of hydrogen-bond acceptors (Lipinski definition) is 4. The number of carbonyl (C=O) groups is 1. The summed E-state index contributed by atoms with van der Waals surface area (Å²) in [6.45, 7) is -0.146. The van der Waals surface area contributed by atoms with E-state index in [9.17, 15) is 45.7 Å². The molecule has 0 aliphatic carbocycles. The van der Waals surface area contributed by atoms with E-state index in [0.717, 1.165) is 18.2 Å². The number of aliphatic hydroxyl groups excluding tert-OH is 1. The number of fused-ring (bicyclic) bond motifs is 1. The Hall–Kier alpha value is -3.48. The maximum absolute atomic E-state index is 13.9. The fraction of sp³-hybridized carbons (Fsp3) is 0.321. The highest BCUT2D eigenvalue weighted by Gasteiger charge is 2.59. The van der Waals surface area contributed by atoms with Crippen LogP contribution in [0.25, 0.3) is 0 Å². The first kappa shape index (κ1) is 29.5. The Morgan fingerprint density at radius 3 is 2.30 bits per heavy atom. The number of aliphatic hydroxyl groups is 2. The molecule has 0 saturated heterocycles. The largest absolute Gasteiger partial charge is 0.424 e. The van der Waals surface area contributed by atoms with E-state index < -0.39 is 53.5 Å². The third kappa shape index (κ3) is 6.13. The first-order chi connectivity index (χ1) is 18.7. The minimum Gasteiger partial charge on any atom is -0.388 e.